The van der Waals surface area contributed by atoms with Crippen molar-refractivity contribution in [2.45, 2.75) is 83.1 Å². The van der Waals surface area contributed by atoms with Crippen LogP contribution in [0, 0.1) is 11.8 Å². The fraction of sp³-hybridized carbons (Fsp3) is 0.621. The molecule has 2 atom stereocenters. The zero-order chi connectivity index (χ0) is 30.0. The molecule has 1 aliphatic carbocycles. The van der Waals surface area contributed by atoms with Gasteiger partial charge in [0.1, 0.15) is 6.04 Å². The molecule has 4 amide bonds. The summed E-state index contributed by atoms with van der Waals surface area (Å²) in [7, 11) is 1.27. The second-order valence-corrected chi connectivity index (χ2v) is 10.9. The summed E-state index contributed by atoms with van der Waals surface area (Å²) in [6.07, 6.45) is 7.23. The van der Waals surface area contributed by atoms with Gasteiger partial charge in [-0.25, -0.2) is 5.48 Å². The van der Waals surface area contributed by atoms with Crippen LogP contribution in [0.15, 0.2) is 24.3 Å². The SMILES string of the molecule is COC(=O)CCNC(=O)CCNC(=O)[C@H](CC1CCCCC1)NC(=O)[C@H](CCCc1ccc(Cl)cc1)CC(=O)NO. The van der Waals surface area contributed by atoms with Crippen LogP contribution in [0.4, 0.5) is 0 Å². The number of benzene rings is 1. The quantitative estimate of drug-likeness (QED) is 0.105. The van der Waals surface area contributed by atoms with Crippen molar-refractivity contribution in [3.8, 4) is 0 Å². The summed E-state index contributed by atoms with van der Waals surface area (Å²) in [4.78, 5) is 61.7. The van der Waals surface area contributed by atoms with Crippen LogP contribution in [0.1, 0.15) is 76.2 Å². The molecule has 1 aromatic carbocycles. The average Bonchev–Trinajstić information content (AvgIpc) is 2.97. The molecule has 11 nitrogen and oxygen atoms in total. The molecule has 1 fully saturated rings. The number of hydrogen-bond acceptors (Lipinski definition) is 7. The van der Waals surface area contributed by atoms with E-state index in [2.05, 4.69) is 20.7 Å². The summed E-state index contributed by atoms with van der Waals surface area (Å²) in [5.41, 5.74) is 2.64. The number of nitrogens with one attached hydrogen (secondary N) is 4. The second kappa shape index (κ2) is 19.0. The molecule has 12 heteroatoms. The van der Waals surface area contributed by atoms with Gasteiger partial charge in [0.05, 0.1) is 13.5 Å². The average molecular weight is 595 g/mol. The van der Waals surface area contributed by atoms with Crippen molar-refractivity contribution in [1.29, 1.82) is 0 Å². The molecule has 0 heterocycles. The van der Waals surface area contributed by atoms with Crippen molar-refractivity contribution in [3.63, 3.8) is 0 Å². The van der Waals surface area contributed by atoms with E-state index in [1.807, 2.05) is 12.1 Å². The zero-order valence-corrected chi connectivity index (χ0v) is 24.5. The van der Waals surface area contributed by atoms with E-state index in [-0.39, 0.29) is 44.2 Å². The number of carbonyl (C=O) groups excluding carboxylic acids is 5. The fourth-order valence-electron chi connectivity index (χ4n) is 4.99. The highest BCUT2D eigenvalue weighted by Crippen LogP contribution is 2.28. The molecule has 0 unspecified atom stereocenters. The Kier molecular flexibility index (Phi) is 15.8. The summed E-state index contributed by atoms with van der Waals surface area (Å²) >= 11 is 5.95. The predicted octanol–water partition coefficient (Wildman–Crippen LogP) is 2.82. The van der Waals surface area contributed by atoms with Gasteiger partial charge in [-0.05, 0) is 49.3 Å². The smallest absolute Gasteiger partial charge is 0.307 e. The van der Waals surface area contributed by atoms with Crippen LogP contribution in [0.5, 0.6) is 0 Å². The van der Waals surface area contributed by atoms with Gasteiger partial charge in [-0.1, -0.05) is 55.8 Å². The Hall–Kier alpha value is -3.18. The number of hydrogen-bond donors (Lipinski definition) is 5. The number of ether oxygens (including phenoxy) is 1. The lowest BCUT2D eigenvalue weighted by molar-refractivity contribution is -0.140. The maximum atomic E-state index is 13.3. The number of halogens is 1. The predicted molar refractivity (Wildman–Crippen MR) is 153 cm³/mol. The van der Waals surface area contributed by atoms with Gasteiger partial charge in [0.25, 0.3) is 0 Å². The van der Waals surface area contributed by atoms with E-state index in [1.165, 1.54) is 7.11 Å². The van der Waals surface area contributed by atoms with E-state index in [0.29, 0.717) is 30.7 Å². The van der Waals surface area contributed by atoms with Gasteiger partial charge >= 0.3 is 5.97 Å². The van der Waals surface area contributed by atoms with Crippen LogP contribution in [0.2, 0.25) is 5.02 Å². The Bertz CT molecular complexity index is 999. The summed E-state index contributed by atoms with van der Waals surface area (Å²) in [6.45, 7) is 0.206. The molecule has 0 bridgehead atoms. The van der Waals surface area contributed by atoms with E-state index in [4.69, 9.17) is 16.8 Å². The first-order valence-electron chi connectivity index (χ1n) is 14.3. The van der Waals surface area contributed by atoms with Crippen LogP contribution < -0.4 is 21.4 Å². The van der Waals surface area contributed by atoms with E-state index in [9.17, 15) is 24.0 Å². The highest BCUT2D eigenvalue weighted by atomic mass is 35.5. The lowest BCUT2D eigenvalue weighted by Gasteiger charge is -2.28. The molecular formula is C29H43ClN4O7. The molecule has 0 aliphatic heterocycles. The number of esters is 1. The van der Waals surface area contributed by atoms with Crippen molar-refractivity contribution < 1.29 is 33.9 Å². The van der Waals surface area contributed by atoms with Crippen molar-refractivity contribution in [1.82, 2.24) is 21.4 Å². The fourth-order valence-corrected chi connectivity index (χ4v) is 5.12. The maximum absolute atomic E-state index is 13.3. The minimum atomic E-state index is -0.816. The van der Waals surface area contributed by atoms with Gasteiger partial charge < -0.3 is 20.7 Å². The minimum Gasteiger partial charge on any atom is -0.469 e. The lowest BCUT2D eigenvalue weighted by atomic mass is 9.84. The third kappa shape index (κ3) is 13.8. The first-order chi connectivity index (χ1) is 19.7. The zero-order valence-electron chi connectivity index (χ0n) is 23.7. The van der Waals surface area contributed by atoms with Crippen molar-refractivity contribution >= 4 is 41.2 Å². The molecule has 1 aromatic rings. The van der Waals surface area contributed by atoms with Crippen LogP contribution in [-0.2, 0) is 35.1 Å². The molecule has 0 aromatic heterocycles. The van der Waals surface area contributed by atoms with Gasteiger partial charge in [-0.3, -0.25) is 29.2 Å². The minimum absolute atomic E-state index is 0.0149. The highest BCUT2D eigenvalue weighted by Gasteiger charge is 2.29. The maximum Gasteiger partial charge on any atom is 0.307 e. The standard InChI is InChI=1S/C29H43ClN4O7/c1-41-27(37)15-17-31-25(35)14-16-32-29(39)24(18-21-6-3-2-4-7-21)33-28(38)22(19-26(36)34-40)9-5-8-20-10-12-23(30)13-11-20/h10-13,21-22,24,40H,2-9,14-19H2,1H3,(H,31,35)(H,32,39)(H,33,38)(H,34,36)/t22-,24+/m1/s1. The summed E-state index contributed by atoms with van der Waals surface area (Å²) in [5.74, 6) is -2.71. The monoisotopic (exact) mass is 594 g/mol. The Morgan fingerprint density at radius 1 is 0.951 bits per heavy atom. The van der Waals surface area contributed by atoms with Crippen molar-refractivity contribution in [2.75, 3.05) is 20.2 Å². The molecule has 0 radical (unpaired) electrons. The highest BCUT2D eigenvalue weighted by molar-refractivity contribution is 6.30. The first kappa shape index (κ1) is 34.0. The number of aryl methyl sites for hydroxylation is 1. The van der Waals surface area contributed by atoms with Gasteiger partial charge in [0.2, 0.25) is 23.6 Å². The summed E-state index contributed by atoms with van der Waals surface area (Å²) < 4.78 is 4.53. The number of hydroxylamine groups is 1. The van der Waals surface area contributed by atoms with Crippen LogP contribution >= 0.6 is 11.6 Å². The van der Waals surface area contributed by atoms with Crippen LogP contribution in [-0.4, -0.2) is 61.0 Å². The molecule has 5 N–H and O–H groups in total. The van der Waals surface area contributed by atoms with Crippen molar-refractivity contribution in [3.05, 3.63) is 34.9 Å². The molecule has 0 saturated heterocycles. The topological polar surface area (TPSA) is 163 Å². The molecular weight excluding hydrogens is 552 g/mol. The third-order valence-electron chi connectivity index (χ3n) is 7.32. The molecule has 2 rings (SSSR count). The Labute approximate surface area is 246 Å². The number of carbonyl (C=O) groups is 5. The van der Waals surface area contributed by atoms with Gasteiger partial charge in [0, 0.05) is 36.9 Å². The second-order valence-electron chi connectivity index (χ2n) is 10.5. The summed E-state index contributed by atoms with van der Waals surface area (Å²) in [6, 6.07) is 6.58. The third-order valence-corrected chi connectivity index (χ3v) is 7.57. The van der Waals surface area contributed by atoms with Crippen molar-refractivity contribution in [2.24, 2.45) is 11.8 Å². The number of rotatable bonds is 17. The Morgan fingerprint density at radius 3 is 2.29 bits per heavy atom. The molecule has 1 aliphatic rings. The molecule has 41 heavy (non-hydrogen) atoms. The molecule has 0 spiro atoms. The first-order valence-corrected chi connectivity index (χ1v) is 14.7. The molecule has 228 valence electrons. The van der Waals surface area contributed by atoms with Crippen LogP contribution in [0.25, 0.3) is 0 Å². The molecule has 1 saturated carbocycles. The summed E-state index contributed by atoms with van der Waals surface area (Å²) in [5, 5.41) is 17.9. The van der Waals surface area contributed by atoms with E-state index in [0.717, 1.165) is 37.7 Å². The van der Waals surface area contributed by atoms with Gasteiger partial charge in [-0.15, -0.1) is 0 Å². The van der Waals surface area contributed by atoms with Gasteiger partial charge in [-0.2, -0.15) is 0 Å². The van der Waals surface area contributed by atoms with Crippen LogP contribution in [0.3, 0.4) is 0 Å². The normalized spacial score (nSPS) is 14.8. The lowest BCUT2D eigenvalue weighted by Crippen LogP contribution is -2.50. The Morgan fingerprint density at radius 2 is 1.63 bits per heavy atom. The van der Waals surface area contributed by atoms with Gasteiger partial charge in [0.15, 0.2) is 0 Å². The largest absolute Gasteiger partial charge is 0.469 e. The van der Waals surface area contributed by atoms with E-state index in [1.54, 1.807) is 17.6 Å². The Balaban J connectivity index is 1.97. The number of amides is 4. The van der Waals surface area contributed by atoms with E-state index >= 15 is 0 Å². The van der Waals surface area contributed by atoms with E-state index < -0.39 is 35.7 Å². The number of methoxy groups -OCH3 is 1.